The molecule has 9 heteroatoms. The van der Waals surface area contributed by atoms with Gasteiger partial charge in [0.25, 0.3) is 0 Å². The molecule has 1 rings (SSSR count). The number of carbonyl (C=O) groups excluding carboxylic acids is 2. The fraction of sp³-hybridized carbons (Fsp3) is 0.333. The highest BCUT2D eigenvalue weighted by Gasteiger charge is 2.41. The van der Waals surface area contributed by atoms with Crippen molar-refractivity contribution in [1.29, 1.82) is 0 Å². The van der Waals surface area contributed by atoms with Gasteiger partial charge >= 0.3 is 18.1 Å². The number of amides is 1. The third kappa shape index (κ3) is 4.55. The van der Waals surface area contributed by atoms with Crippen LogP contribution in [0.15, 0.2) is 18.2 Å². The van der Waals surface area contributed by atoms with Gasteiger partial charge in [-0.05, 0) is 17.7 Å². The molecule has 1 amide bonds. The van der Waals surface area contributed by atoms with Crippen molar-refractivity contribution in [3.8, 4) is 11.5 Å². The minimum Gasteiger partial charge on any atom is -0.504 e. The molecule has 0 saturated carbocycles. The molecule has 0 aliphatic carbocycles. The molecule has 0 aromatic heterocycles. The van der Waals surface area contributed by atoms with E-state index in [-0.39, 0.29) is 12.0 Å². The van der Waals surface area contributed by atoms with E-state index in [0.29, 0.717) is 0 Å². The quantitative estimate of drug-likeness (QED) is 0.566. The van der Waals surface area contributed by atoms with Crippen LogP contribution in [-0.4, -0.2) is 41.4 Å². The van der Waals surface area contributed by atoms with Gasteiger partial charge in [0.1, 0.15) is 6.04 Å². The number of esters is 1. The SMILES string of the molecule is COC(=O)[C@H](Cc1ccc(O)c(O)c1)NC(=O)C(F)(F)F. The van der Waals surface area contributed by atoms with Crippen LogP contribution >= 0.6 is 0 Å². The van der Waals surface area contributed by atoms with Gasteiger partial charge in [-0.1, -0.05) is 6.07 Å². The van der Waals surface area contributed by atoms with Crippen LogP contribution in [0.25, 0.3) is 0 Å². The van der Waals surface area contributed by atoms with Crippen molar-refractivity contribution in [2.75, 3.05) is 7.11 Å². The molecule has 1 atom stereocenters. The Labute approximate surface area is 117 Å². The van der Waals surface area contributed by atoms with Crippen molar-refractivity contribution >= 4 is 11.9 Å². The van der Waals surface area contributed by atoms with Gasteiger partial charge in [-0.3, -0.25) is 4.79 Å². The number of nitrogens with one attached hydrogen (secondary N) is 1. The van der Waals surface area contributed by atoms with E-state index in [9.17, 15) is 27.9 Å². The molecular weight excluding hydrogens is 295 g/mol. The Morgan fingerprint density at radius 3 is 2.38 bits per heavy atom. The summed E-state index contributed by atoms with van der Waals surface area (Å²) in [6, 6.07) is 1.87. The molecule has 0 aliphatic rings. The number of phenols is 2. The summed E-state index contributed by atoms with van der Waals surface area (Å²) < 4.78 is 40.9. The zero-order chi connectivity index (χ0) is 16.2. The Bertz CT molecular complexity index is 544. The van der Waals surface area contributed by atoms with Crippen LogP contribution in [-0.2, 0) is 20.7 Å². The van der Waals surface area contributed by atoms with E-state index in [1.54, 1.807) is 0 Å². The molecular formula is C12H12F3NO5. The van der Waals surface area contributed by atoms with E-state index in [1.807, 2.05) is 0 Å². The number of carbonyl (C=O) groups is 2. The smallest absolute Gasteiger partial charge is 0.471 e. The lowest BCUT2D eigenvalue weighted by Crippen LogP contribution is -2.48. The molecule has 0 unspecified atom stereocenters. The lowest BCUT2D eigenvalue weighted by Gasteiger charge is -2.17. The number of aromatic hydroxyl groups is 2. The largest absolute Gasteiger partial charge is 0.504 e. The lowest BCUT2D eigenvalue weighted by atomic mass is 10.1. The lowest BCUT2D eigenvalue weighted by molar-refractivity contribution is -0.175. The zero-order valence-electron chi connectivity index (χ0n) is 10.8. The summed E-state index contributed by atoms with van der Waals surface area (Å²) in [6.45, 7) is 0. The van der Waals surface area contributed by atoms with E-state index in [0.717, 1.165) is 19.2 Å². The summed E-state index contributed by atoms with van der Waals surface area (Å²) in [5.41, 5.74) is 0.225. The Kier molecular flexibility index (Phi) is 5.01. The van der Waals surface area contributed by atoms with Crippen LogP contribution < -0.4 is 5.32 Å². The van der Waals surface area contributed by atoms with Gasteiger partial charge < -0.3 is 20.3 Å². The molecule has 0 radical (unpaired) electrons. The van der Waals surface area contributed by atoms with Gasteiger partial charge in [-0.2, -0.15) is 13.2 Å². The molecule has 0 bridgehead atoms. The Hall–Kier alpha value is -2.45. The second-order valence-corrected chi connectivity index (χ2v) is 4.07. The zero-order valence-corrected chi connectivity index (χ0v) is 10.8. The number of halogens is 3. The molecule has 1 aromatic rings. The standard InChI is InChI=1S/C12H12F3NO5/c1-21-10(19)7(16-11(20)12(13,14)15)4-6-2-3-8(17)9(18)5-6/h2-3,5,7,17-18H,4H2,1H3,(H,16,20)/t7-/m0/s1. The summed E-state index contributed by atoms with van der Waals surface area (Å²) in [5.74, 6) is -4.27. The Morgan fingerprint density at radius 2 is 1.90 bits per heavy atom. The van der Waals surface area contributed by atoms with E-state index in [2.05, 4.69) is 4.74 Å². The molecule has 0 heterocycles. The highest BCUT2D eigenvalue weighted by Crippen LogP contribution is 2.25. The molecule has 3 N–H and O–H groups in total. The number of benzene rings is 1. The summed E-state index contributed by atoms with van der Waals surface area (Å²) in [7, 11) is 0.962. The van der Waals surface area contributed by atoms with Gasteiger partial charge in [-0.15, -0.1) is 0 Å². The third-order valence-electron chi connectivity index (χ3n) is 2.53. The Balaban J connectivity index is 2.91. The second kappa shape index (κ2) is 6.33. The van der Waals surface area contributed by atoms with Crippen LogP contribution in [0.2, 0.25) is 0 Å². The minimum absolute atomic E-state index is 0.225. The van der Waals surface area contributed by atoms with Crippen molar-refractivity contribution < 1.29 is 37.7 Å². The first-order valence-electron chi connectivity index (χ1n) is 5.61. The first-order chi connectivity index (χ1) is 9.65. The molecule has 0 aliphatic heterocycles. The van der Waals surface area contributed by atoms with Crippen LogP contribution in [0.1, 0.15) is 5.56 Å². The van der Waals surface area contributed by atoms with Crippen molar-refractivity contribution in [3.63, 3.8) is 0 Å². The number of methoxy groups -OCH3 is 1. The van der Waals surface area contributed by atoms with Crippen LogP contribution in [0.4, 0.5) is 13.2 Å². The van der Waals surface area contributed by atoms with Gasteiger partial charge in [0.2, 0.25) is 0 Å². The number of phenolic OH excluding ortho intramolecular Hbond substituents is 2. The predicted molar refractivity (Wildman–Crippen MR) is 63.5 cm³/mol. The Morgan fingerprint density at radius 1 is 1.29 bits per heavy atom. The molecule has 116 valence electrons. The number of ether oxygens (including phenoxy) is 1. The average molecular weight is 307 g/mol. The van der Waals surface area contributed by atoms with Gasteiger partial charge in [-0.25, -0.2) is 4.79 Å². The third-order valence-corrected chi connectivity index (χ3v) is 2.53. The topological polar surface area (TPSA) is 95.9 Å². The fourth-order valence-electron chi connectivity index (χ4n) is 1.51. The summed E-state index contributed by atoms with van der Waals surface area (Å²) in [6.07, 6.45) is -5.48. The highest BCUT2D eigenvalue weighted by molar-refractivity contribution is 5.87. The van der Waals surface area contributed by atoms with Crippen LogP contribution in [0.3, 0.4) is 0 Å². The fourth-order valence-corrected chi connectivity index (χ4v) is 1.51. The maximum atomic E-state index is 12.2. The van der Waals surface area contributed by atoms with E-state index < -0.39 is 35.6 Å². The maximum Gasteiger partial charge on any atom is 0.471 e. The maximum absolute atomic E-state index is 12.2. The first kappa shape index (κ1) is 16.6. The van der Waals surface area contributed by atoms with Crippen molar-refractivity contribution in [2.45, 2.75) is 18.6 Å². The second-order valence-electron chi connectivity index (χ2n) is 4.07. The van der Waals surface area contributed by atoms with E-state index in [4.69, 9.17) is 5.11 Å². The van der Waals surface area contributed by atoms with E-state index in [1.165, 1.54) is 11.4 Å². The molecule has 0 saturated heterocycles. The first-order valence-corrected chi connectivity index (χ1v) is 5.61. The van der Waals surface area contributed by atoms with Gasteiger partial charge in [0, 0.05) is 6.42 Å². The average Bonchev–Trinajstić information content (AvgIpc) is 2.40. The van der Waals surface area contributed by atoms with Gasteiger partial charge in [0.15, 0.2) is 11.5 Å². The van der Waals surface area contributed by atoms with E-state index >= 15 is 0 Å². The number of alkyl halides is 3. The monoisotopic (exact) mass is 307 g/mol. The predicted octanol–water partition coefficient (Wildman–Crippen LogP) is 0.860. The number of hydrogen-bond acceptors (Lipinski definition) is 5. The van der Waals surface area contributed by atoms with Crippen LogP contribution in [0.5, 0.6) is 11.5 Å². The van der Waals surface area contributed by atoms with Crippen molar-refractivity contribution in [3.05, 3.63) is 23.8 Å². The minimum atomic E-state index is -5.14. The van der Waals surface area contributed by atoms with Gasteiger partial charge in [0.05, 0.1) is 7.11 Å². The normalized spacial score (nSPS) is 12.6. The number of hydrogen-bond donors (Lipinski definition) is 3. The summed E-state index contributed by atoms with van der Waals surface area (Å²) in [5, 5.41) is 19.9. The summed E-state index contributed by atoms with van der Waals surface area (Å²) >= 11 is 0. The van der Waals surface area contributed by atoms with Crippen LogP contribution in [0, 0.1) is 0 Å². The highest BCUT2D eigenvalue weighted by atomic mass is 19.4. The summed E-state index contributed by atoms with van der Waals surface area (Å²) in [4.78, 5) is 22.3. The number of rotatable bonds is 4. The van der Waals surface area contributed by atoms with Crippen molar-refractivity contribution in [2.24, 2.45) is 0 Å². The van der Waals surface area contributed by atoms with Crippen molar-refractivity contribution in [1.82, 2.24) is 5.32 Å². The molecule has 0 fully saturated rings. The molecule has 21 heavy (non-hydrogen) atoms. The molecule has 1 aromatic carbocycles. The molecule has 6 nitrogen and oxygen atoms in total. The molecule has 0 spiro atoms.